The summed E-state index contributed by atoms with van der Waals surface area (Å²) in [5.41, 5.74) is 2.33. The highest BCUT2D eigenvalue weighted by Gasteiger charge is 2.17. The average molecular weight is 405 g/mol. The van der Waals surface area contributed by atoms with E-state index in [4.69, 9.17) is 0 Å². The highest BCUT2D eigenvalue weighted by Crippen LogP contribution is 2.29. The Hall–Kier alpha value is -3.58. The van der Waals surface area contributed by atoms with Crippen LogP contribution in [0.3, 0.4) is 0 Å². The first kappa shape index (κ1) is 20.2. The van der Waals surface area contributed by atoms with E-state index >= 15 is 0 Å². The molecule has 0 aliphatic heterocycles. The molecule has 0 saturated carbocycles. The average Bonchev–Trinajstić information content (AvgIpc) is 3.15. The van der Waals surface area contributed by atoms with E-state index < -0.39 is 0 Å². The van der Waals surface area contributed by atoms with Gasteiger partial charge in [-0.3, -0.25) is 19.3 Å². The van der Waals surface area contributed by atoms with Crippen molar-refractivity contribution in [3.63, 3.8) is 0 Å². The fraction of sp³-hybridized carbons (Fsp3) is 0.0909. The van der Waals surface area contributed by atoms with E-state index in [1.807, 2.05) is 30.3 Å². The van der Waals surface area contributed by atoms with E-state index in [-0.39, 0.29) is 17.6 Å². The van der Waals surface area contributed by atoms with Crippen molar-refractivity contribution < 1.29 is 14.4 Å². The van der Waals surface area contributed by atoms with Crippen LogP contribution in [0.2, 0.25) is 0 Å². The van der Waals surface area contributed by atoms with Crippen LogP contribution in [0, 0.1) is 0 Å². The number of amides is 2. The number of nitrogens with one attached hydrogen (secondary N) is 1. The highest BCUT2D eigenvalue weighted by molar-refractivity contribution is 7.14. The molecule has 0 saturated heterocycles. The lowest BCUT2D eigenvalue weighted by Crippen LogP contribution is -2.22. The third-order valence-electron chi connectivity index (χ3n) is 3.90. The maximum Gasteiger partial charge on any atom is 0.230 e. The van der Waals surface area contributed by atoms with Crippen molar-refractivity contribution in [2.75, 3.05) is 10.2 Å². The van der Waals surface area contributed by atoms with Gasteiger partial charge in [-0.25, -0.2) is 4.98 Å². The minimum absolute atomic E-state index is 0.146. The van der Waals surface area contributed by atoms with Gasteiger partial charge in [-0.05, 0) is 36.4 Å². The van der Waals surface area contributed by atoms with Gasteiger partial charge in [-0.1, -0.05) is 30.3 Å². The summed E-state index contributed by atoms with van der Waals surface area (Å²) in [6.45, 7) is 2.89. The van der Waals surface area contributed by atoms with Crippen molar-refractivity contribution in [1.29, 1.82) is 0 Å². The van der Waals surface area contributed by atoms with Gasteiger partial charge in [0.15, 0.2) is 10.9 Å². The number of allylic oxidation sites excluding steroid dienone is 1. The third-order valence-corrected chi connectivity index (χ3v) is 4.75. The second-order valence-electron chi connectivity index (χ2n) is 6.20. The number of hydrogen-bond donors (Lipinski definition) is 1. The molecule has 7 heteroatoms. The topological polar surface area (TPSA) is 79.4 Å². The Kier molecular flexibility index (Phi) is 6.31. The molecule has 29 heavy (non-hydrogen) atoms. The van der Waals surface area contributed by atoms with E-state index in [9.17, 15) is 14.4 Å². The van der Waals surface area contributed by atoms with Crippen LogP contribution in [0.25, 0.3) is 6.08 Å². The predicted molar refractivity (Wildman–Crippen MR) is 115 cm³/mol. The zero-order chi connectivity index (χ0) is 20.8. The van der Waals surface area contributed by atoms with E-state index in [1.165, 1.54) is 36.2 Å². The summed E-state index contributed by atoms with van der Waals surface area (Å²) in [6.07, 6.45) is 3.03. The Balaban J connectivity index is 1.77. The summed E-state index contributed by atoms with van der Waals surface area (Å²) in [5.74, 6) is -0.557. The number of ketones is 1. The SMILES string of the molecule is CC(=O)Nc1cccc(C(=O)/C=C/c2csc(N(C(C)=O)c3ccccc3)n2)c1. The molecule has 0 fully saturated rings. The normalized spacial score (nSPS) is 10.7. The van der Waals surface area contributed by atoms with Gasteiger partial charge < -0.3 is 5.32 Å². The molecule has 2 aromatic carbocycles. The summed E-state index contributed by atoms with van der Waals surface area (Å²) < 4.78 is 0. The third kappa shape index (κ3) is 5.24. The quantitative estimate of drug-likeness (QED) is 0.477. The second kappa shape index (κ2) is 9.07. The molecule has 1 heterocycles. The van der Waals surface area contributed by atoms with Crippen molar-refractivity contribution in [3.05, 3.63) is 77.3 Å². The number of hydrogen-bond acceptors (Lipinski definition) is 5. The number of nitrogens with zero attached hydrogens (tertiary/aromatic N) is 2. The Morgan fingerprint density at radius 2 is 1.79 bits per heavy atom. The number of anilines is 3. The number of para-hydroxylation sites is 1. The van der Waals surface area contributed by atoms with E-state index in [1.54, 1.807) is 35.7 Å². The largest absolute Gasteiger partial charge is 0.326 e. The Morgan fingerprint density at radius 3 is 2.48 bits per heavy atom. The lowest BCUT2D eigenvalue weighted by atomic mass is 10.1. The summed E-state index contributed by atoms with van der Waals surface area (Å²) in [5, 5.41) is 4.97. The van der Waals surface area contributed by atoms with Crippen LogP contribution in [0.1, 0.15) is 29.9 Å². The molecule has 6 nitrogen and oxygen atoms in total. The molecule has 0 aliphatic rings. The van der Waals surface area contributed by atoms with Gasteiger partial charge in [0.25, 0.3) is 0 Å². The first-order chi connectivity index (χ1) is 13.9. The minimum atomic E-state index is -0.210. The van der Waals surface area contributed by atoms with Crippen LogP contribution in [-0.4, -0.2) is 22.6 Å². The van der Waals surface area contributed by atoms with Gasteiger partial charge in [0.2, 0.25) is 11.8 Å². The molecule has 0 aliphatic carbocycles. The molecular formula is C22H19N3O3S. The van der Waals surface area contributed by atoms with Gasteiger partial charge in [0.1, 0.15) is 0 Å². The molecule has 0 spiro atoms. The first-order valence-electron chi connectivity index (χ1n) is 8.85. The monoisotopic (exact) mass is 405 g/mol. The van der Waals surface area contributed by atoms with Gasteiger partial charge in [0, 0.05) is 30.5 Å². The summed E-state index contributed by atoms with van der Waals surface area (Å²) in [7, 11) is 0. The lowest BCUT2D eigenvalue weighted by molar-refractivity contribution is -0.116. The van der Waals surface area contributed by atoms with Crippen LogP contribution in [0.15, 0.2) is 66.1 Å². The Bertz CT molecular complexity index is 1070. The van der Waals surface area contributed by atoms with Gasteiger partial charge >= 0.3 is 0 Å². The standard InChI is InChI=1S/C22H19N3O3S/c1-15(26)23-18-8-6-7-17(13-18)21(28)12-11-19-14-29-22(24-19)25(16(2)27)20-9-4-3-5-10-20/h3-14H,1-2H3,(H,23,26)/b12-11+. The van der Waals surface area contributed by atoms with E-state index in [0.717, 1.165) is 5.69 Å². The van der Waals surface area contributed by atoms with Crippen molar-refractivity contribution in [3.8, 4) is 0 Å². The smallest absolute Gasteiger partial charge is 0.230 e. The molecule has 3 rings (SSSR count). The molecule has 0 radical (unpaired) electrons. The number of thiazole rings is 1. The molecule has 146 valence electrons. The lowest BCUT2D eigenvalue weighted by Gasteiger charge is -2.17. The molecule has 2 amide bonds. The molecule has 0 unspecified atom stereocenters. The summed E-state index contributed by atoms with van der Waals surface area (Å²) in [4.78, 5) is 41.7. The Morgan fingerprint density at radius 1 is 1.03 bits per heavy atom. The number of benzene rings is 2. The van der Waals surface area contributed by atoms with Crippen molar-refractivity contribution in [1.82, 2.24) is 4.98 Å². The van der Waals surface area contributed by atoms with Crippen molar-refractivity contribution in [2.45, 2.75) is 13.8 Å². The molecule has 3 aromatic rings. The van der Waals surface area contributed by atoms with Crippen LogP contribution in [0.5, 0.6) is 0 Å². The number of rotatable bonds is 6. The summed E-state index contributed by atoms with van der Waals surface area (Å²) in [6, 6.07) is 16.0. The zero-order valence-electron chi connectivity index (χ0n) is 16.0. The van der Waals surface area contributed by atoms with E-state index in [2.05, 4.69) is 10.3 Å². The van der Waals surface area contributed by atoms with Crippen LogP contribution in [0.4, 0.5) is 16.5 Å². The summed E-state index contributed by atoms with van der Waals surface area (Å²) >= 11 is 1.32. The fourth-order valence-electron chi connectivity index (χ4n) is 2.67. The van der Waals surface area contributed by atoms with Gasteiger partial charge in [0.05, 0.1) is 11.4 Å². The van der Waals surface area contributed by atoms with Crippen LogP contribution in [-0.2, 0) is 9.59 Å². The van der Waals surface area contributed by atoms with E-state index in [0.29, 0.717) is 22.1 Å². The number of aromatic nitrogens is 1. The van der Waals surface area contributed by atoms with Crippen LogP contribution < -0.4 is 10.2 Å². The number of carbonyl (C=O) groups is 3. The molecule has 0 bridgehead atoms. The molecule has 0 atom stereocenters. The van der Waals surface area contributed by atoms with Crippen molar-refractivity contribution in [2.24, 2.45) is 0 Å². The molecule has 1 aromatic heterocycles. The number of carbonyl (C=O) groups excluding carboxylic acids is 3. The maximum absolute atomic E-state index is 12.4. The highest BCUT2D eigenvalue weighted by atomic mass is 32.1. The first-order valence-corrected chi connectivity index (χ1v) is 9.73. The second-order valence-corrected chi connectivity index (χ2v) is 7.04. The van der Waals surface area contributed by atoms with Gasteiger partial charge in [-0.2, -0.15) is 0 Å². The van der Waals surface area contributed by atoms with Crippen molar-refractivity contribution >= 4 is 51.5 Å². The van der Waals surface area contributed by atoms with Crippen LogP contribution >= 0.6 is 11.3 Å². The molecular weight excluding hydrogens is 386 g/mol. The molecule has 1 N–H and O–H groups in total. The fourth-order valence-corrected chi connectivity index (χ4v) is 3.53. The zero-order valence-corrected chi connectivity index (χ0v) is 16.8. The maximum atomic E-state index is 12.4. The Labute approximate surface area is 172 Å². The predicted octanol–water partition coefficient (Wildman–Crippen LogP) is 4.68. The van der Waals surface area contributed by atoms with Gasteiger partial charge in [-0.15, -0.1) is 11.3 Å². The minimum Gasteiger partial charge on any atom is -0.326 e.